The van der Waals surface area contributed by atoms with Crippen molar-refractivity contribution < 1.29 is 13.2 Å². The van der Waals surface area contributed by atoms with Crippen molar-refractivity contribution >= 4 is 0 Å². The molecule has 0 saturated carbocycles. The van der Waals surface area contributed by atoms with Gasteiger partial charge >= 0.3 is 0 Å². The number of hydrogen-bond acceptors (Lipinski definition) is 2. The highest BCUT2D eigenvalue weighted by atomic mass is 19.1. The van der Waals surface area contributed by atoms with Gasteiger partial charge in [-0.1, -0.05) is 6.07 Å². The van der Waals surface area contributed by atoms with E-state index in [0.717, 1.165) is 6.07 Å². The lowest BCUT2D eigenvalue weighted by atomic mass is 9.81. The number of rotatable bonds is 3. The van der Waals surface area contributed by atoms with Crippen molar-refractivity contribution in [2.24, 2.45) is 0 Å². The first-order chi connectivity index (χ1) is 8.95. The molecule has 0 spiro atoms. The monoisotopic (exact) mass is 266 g/mol. The molecule has 19 heavy (non-hydrogen) atoms. The van der Waals surface area contributed by atoms with Gasteiger partial charge in [-0.2, -0.15) is 0 Å². The average Bonchev–Trinajstić information content (AvgIpc) is 2.38. The second-order valence-electron chi connectivity index (χ2n) is 4.78. The smallest absolute Gasteiger partial charge is 0.133 e. The molecule has 2 nitrogen and oxygen atoms in total. The fraction of sp³-hybridized carbons (Fsp3) is 0.286. The number of hydrogen-bond donors (Lipinski definition) is 0. The molecule has 1 heterocycles. The molecule has 100 valence electrons. The van der Waals surface area contributed by atoms with Crippen molar-refractivity contribution in [3.8, 4) is 0 Å². The second-order valence-corrected chi connectivity index (χ2v) is 4.78. The van der Waals surface area contributed by atoms with E-state index in [1.54, 1.807) is 13.8 Å². The fourth-order valence-electron chi connectivity index (χ4n) is 1.91. The van der Waals surface area contributed by atoms with Gasteiger partial charge in [0.1, 0.15) is 18.3 Å². The molecule has 0 unspecified atom stereocenters. The Morgan fingerprint density at radius 3 is 2.53 bits per heavy atom. The Morgan fingerprint density at radius 1 is 1.16 bits per heavy atom. The summed E-state index contributed by atoms with van der Waals surface area (Å²) in [5.41, 5.74) is 0.0936. The first-order valence-corrected chi connectivity index (χ1v) is 5.78. The van der Waals surface area contributed by atoms with E-state index in [1.165, 1.54) is 24.5 Å². The second kappa shape index (κ2) is 4.99. The molecule has 0 bridgehead atoms. The number of alkyl halides is 1. The van der Waals surface area contributed by atoms with Crippen LogP contribution in [0.3, 0.4) is 0 Å². The van der Waals surface area contributed by atoms with Gasteiger partial charge in [0.15, 0.2) is 0 Å². The Labute approximate surface area is 109 Å². The van der Waals surface area contributed by atoms with E-state index in [-0.39, 0.29) is 5.69 Å². The molecular formula is C14H13F3N2. The molecule has 1 aromatic carbocycles. The molecule has 2 aromatic rings. The molecule has 0 radical (unpaired) electrons. The van der Waals surface area contributed by atoms with Crippen molar-refractivity contribution in [1.82, 2.24) is 9.97 Å². The Kier molecular flexibility index (Phi) is 3.55. The van der Waals surface area contributed by atoms with Gasteiger partial charge in [0.05, 0.1) is 17.6 Å². The molecule has 1 aromatic heterocycles. The van der Waals surface area contributed by atoms with Crippen LogP contribution in [0.4, 0.5) is 13.2 Å². The maximum absolute atomic E-state index is 13.9. The van der Waals surface area contributed by atoms with Gasteiger partial charge in [0, 0.05) is 17.7 Å². The lowest BCUT2D eigenvalue weighted by Gasteiger charge is -2.25. The van der Waals surface area contributed by atoms with Crippen LogP contribution in [0.15, 0.2) is 30.6 Å². The summed E-state index contributed by atoms with van der Waals surface area (Å²) in [6, 6.07) is 3.38. The van der Waals surface area contributed by atoms with Gasteiger partial charge in [-0.3, -0.25) is 9.97 Å². The molecule has 2 rings (SSSR count). The van der Waals surface area contributed by atoms with E-state index < -0.39 is 23.7 Å². The highest BCUT2D eigenvalue weighted by Crippen LogP contribution is 2.31. The maximum Gasteiger partial charge on any atom is 0.133 e. The van der Waals surface area contributed by atoms with Crippen LogP contribution in [-0.4, -0.2) is 9.97 Å². The SMILES string of the molecule is CC(C)(c1cncc(CF)n1)c1ccc(F)cc1F. The Balaban J connectivity index is 2.51. The van der Waals surface area contributed by atoms with Crippen LogP contribution >= 0.6 is 0 Å². The number of aromatic nitrogens is 2. The van der Waals surface area contributed by atoms with Gasteiger partial charge in [0.25, 0.3) is 0 Å². The van der Waals surface area contributed by atoms with Crippen molar-refractivity contribution in [2.45, 2.75) is 25.9 Å². The van der Waals surface area contributed by atoms with Crippen LogP contribution in [0.2, 0.25) is 0 Å². The molecule has 0 aliphatic carbocycles. The molecule has 0 aliphatic rings. The number of nitrogens with zero attached hydrogens (tertiary/aromatic N) is 2. The Bertz CT molecular complexity index is 597. The standard InChI is InChI=1S/C14H13F3N2/c1-14(2,11-4-3-9(16)5-12(11)17)13-8-18-7-10(6-15)19-13/h3-5,7-8H,6H2,1-2H3. The first kappa shape index (κ1) is 13.5. The van der Waals surface area contributed by atoms with E-state index in [1.807, 2.05) is 0 Å². The van der Waals surface area contributed by atoms with Crippen LogP contribution in [0, 0.1) is 11.6 Å². The van der Waals surface area contributed by atoms with Crippen LogP contribution < -0.4 is 0 Å². The molecule has 0 fully saturated rings. The molecule has 5 heteroatoms. The zero-order chi connectivity index (χ0) is 14.0. The fourth-order valence-corrected chi connectivity index (χ4v) is 1.91. The number of benzene rings is 1. The molecule has 0 aliphatic heterocycles. The van der Waals surface area contributed by atoms with Gasteiger partial charge < -0.3 is 0 Å². The normalized spacial score (nSPS) is 11.6. The highest BCUT2D eigenvalue weighted by molar-refractivity contribution is 5.34. The summed E-state index contributed by atoms with van der Waals surface area (Å²) < 4.78 is 39.4. The maximum atomic E-state index is 13.9. The van der Waals surface area contributed by atoms with Crippen LogP contribution in [-0.2, 0) is 12.1 Å². The summed E-state index contributed by atoms with van der Waals surface area (Å²) in [4.78, 5) is 8.00. The van der Waals surface area contributed by atoms with E-state index in [0.29, 0.717) is 11.3 Å². The minimum absolute atomic E-state index is 0.188. The first-order valence-electron chi connectivity index (χ1n) is 5.78. The van der Waals surface area contributed by atoms with E-state index in [4.69, 9.17) is 0 Å². The van der Waals surface area contributed by atoms with Crippen molar-refractivity contribution in [1.29, 1.82) is 0 Å². The summed E-state index contributed by atoms with van der Waals surface area (Å²) in [5.74, 6) is -1.29. The van der Waals surface area contributed by atoms with E-state index in [9.17, 15) is 13.2 Å². The third-order valence-corrected chi connectivity index (χ3v) is 3.07. The van der Waals surface area contributed by atoms with Crippen molar-refractivity contribution in [3.63, 3.8) is 0 Å². The molecule has 0 amide bonds. The zero-order valence-electron chi connectivity index (χ0n) is 10.6. The summed E-state index contributed by atoms with van der Waals surface area (Å²) in [7, 11) is 0. The molecule has 0 saturated heterocycles. The van der Waals surface area contributed by atoms with Gasteiger partial charge in [-0.25, -0.2) is 13.2 Å². The highest BCUT2D eigenvalue weighted by Gasteiger charge is 2.28. The third-order valence-electron chi connectivity index (χ3n) is 3.07. The van der Waals surface area contributed by atoms with Crippen LogP contribution in [0.5, 0.6) is 0 Å². The van der Waals surface area contributed by atoms with Gasteiger partial charge in [-0.05, 0) is 25.5 Å². The molecular weight excluding hydrogens is 253 g/mol. The Hall–Kier alpha value is -1.91. The largest absolute Gasteiger partial charge is 0.261 e. The molecule has 0 N–H and O–H groups in total. The lowest BCUT2D eigenvalue weighted by Crippen LogP contribution is -2.23. The average molecular weight is 266 g/mol. The third kappa shape index (κ3) is 2.59. The zero-order valence-corrected chi connectivity index (χ0v) is 10.6. The van der Waals surface area contributed by atoms with Crippen molar-refractivity contribution in [2.75, 3.05) is 0 Å². The predicted octanol–water partition coefficient (Wildman–Crippen LogP) is 3.55. The summed E-state index contributed by atoms with van der Waals surface area (Å²) in [6.07, 6.45) is 2.78. The minimum atomic E-state index is -0.823. The van der Waals surface area contributed by atoms with E-state index in [2.05, 4.69) is 9.97 Å². The van der Waals surface area contributed by atoms with Crippen molar-refractivity contribution in [3.05, 3.63) is 59.2 Å². The number of halogens is 3. The topological polar surface area (TPSA) is 25.8 Å². The summed E-state index contributed by atoms with van der Waals surface area (Å²) in [5, 5.41) is 0. The predicted molar refractivity (Wildman–Crippen MR) is 65.3 cm³/mol. The quantitative estimate of drug-likeness (QED) is 0.849. The van der Waals surface area contributed by atoms with Gasteiger partial charge in [0.2, 0.25) is 0 Å². The van der Waals surface area contributed by atoms with Gasteiger partial charge in [-0.15, -0.1) is 0 Å². The summed E-state index contributed by atoms with van der Waals surface area (Å²) in [6.45, 7) is 2.73. The van der Waals surface area contributed by atoms with Crippen LogP contribution in [0.25, 0.3) is 0 Å². The Morgan fingerprint density at radius 2 is 1.89 bits per heavy atom. The minimum Gasteiger partial charge on any atom is -0.261 e. The van der Waals surface area contributed by atoms with Crippen LogP contribution in [0.1, 0.15) is 30.8 Å². The summed E-state index contributed by atoms with van der Waals surface area (Å²) >= 11 is 0. The van der Waals surface area contributed by atoms with E-state index >= 15 is 0 Å². The lowest BCUT2D eigenvalue weighted by molar-refractivity contribution is 0.467. The molecule has 0 atom stereocenters.